The van der Waals surface area contributed by atoms with Gasteiger partial charge in [-0.2, -0.15) is 0 Å². The van der Waals surface area contributed by atoms with Gasteiger partial charge in [-0.25, -0.2) is 0 Å². The van der Waals surface area contributed by atoms with Crippen LogP contribution in [0.1, 0.15) is 38.5 Å². The van der Waals surface area contributed by atoms with Crippen LogP contribution in [0.3, 0.4) is 0 Å². The van der Waals surface area contributed by atoms with Crippen molar-refractivity contribution in [3.63, 3.8) is 0 Å². The average molecular weight is 210 g/mol. The van der Waals surface area contributed by atoms with Crippen LogP contribution in [0, 0.1) is 17.8 Å². The number of hydrogen-bond acceptors (Lipinski definition) is 2. The van der Waals surface area contributed by atoms with Gasteiger partial charge in [0.05, 0.1) is 0 Å². The summed E-state index contributed by atoms with van der Waals surface area (Å²) in [4.78, 5) is 0. The molecule has 0 spiro atoms. The van der Waals surface area contributed by atoms with E-state index in [1.807, 2.05) is 0 Å². The van der Waals surface area contributed by atoms with Gasteiger partial charge in [0, 0.05) is 0 Å². The van der Waals surface area contributed by atoms with Crippen molar-refractivity contribution >= 4 is 0 Å². The highest BCUT2D eigenvalue weighted by molar-refractivity contribution is 4.84. The van der Waals surface area contributed by atoms with Crippen molar-refractivity contribution in [3.8, 4) is 0 Å². The second-order valence-corrected chi connectivity index (χ2v) is 5.48. The SMILES string of the molecule is CNC[C@H]1CNC[C@H]1CC1CCCCC1. The molecule has 1 saturated heterocycles. The van der Waals surface area contributed by atoms with Crippen molar-refractivity contribution in [3.05, 3.63) is 0 Å². The fourth-order valence-corrected chi connectivity index (χ4v) is 3.42. The summed E-state index contributed by atoms with van der Waals surface area (Å²) in [5, 5.41) is 6.89. The van der Waals surface area contributed by atoms with E-state index in [1.54, 1.807) is 0 Å². The topological polar surface area (TPSA) is 24.1 Å². The first-order valence-electron chi connectivity index (χ1n) is 6.75. The standard InChI is InChI=1S/C13H26N2/c1-14-8-13-10-15-9-12(13)7-11-5-3-2-4-6-11/h11-15H,2-10H2,1H3/t12-,13+/m1/s1. The monoisotopic (exact) mass is 210 g/mol. The van der Waals surface area contributed by atoms with Gasteiger partial charge in [0.15, 0.2) is 0 Å². The first-order chi connectivity index (χ1) is 7.40. The molecule has 2 nitrogen and oxygen atoms in total. The highest BCUT2D eigenvalue weighted by Crippen LogP contribution is 2.32. The molecule has 2 fully saturated rings. The van der Waals surface area contributed by atoms with E-state index in [0.717, 1.165) is 17.8 Å². The normalized spacial score (nSPS) is 33.4. The Kier molecular flexibility index (Phi) is 4.45. The van der Waals surface area contributed by atoms with E-state index in [2.05, 4.69) is 17.7 Å². The first kappa shape index (κ1) is 11.4. The van der Waals surface area contributed by atoms with E-state index >= 15 is 0 Å². The van der Waals surface area contributed by atoms with Crippen molar-refractivity contribution in [1.82, 2.24) is 10.6 Å². The molecular weight excluding hydrogens is 184 g/mol. The molecule has 1 aliphatic carbocycles. The summed E-state index contributed by atoms with van der Waals surface area (Å²) < 4.78 is 0. The lowest BCUT2D eigenvalue weighted by molar-refractivity contribution is 0.262. The van der Waals surface area contributed by atoms with Crippen LogP contribution in [0.2, 0.25) is 0 Å². The van der Waals surface area contributed by atoms with E-state index < -0.39 is 0 Å². The third-order valence-corrected chi connectivity index (χ3v) is 4.31. The summed E-state index contributed by atoms with van der Waals surface area (Å²) in [6.45, 7) is 3.70. The zero-order valence-corrected chi connectivity index (χ0v) is 10.1. The van der Waals surface area contributed by atoms with E-state index in [-0.39, 0.29) is 0 Å². The summed E-state index contributed by atoms with van der Waals surface area (Å²) >= 11 is 0. The molecule has 0 aromatic carbocycles. The molecule has 2 N–H and O–H groups in total. The Bertz CT molecular complexity index is 175. The Morgan fingerprint density at radius 3 is 2.53 bits per heavy atom. The van der Waals surface area contributed by atoms with Crippen LogP contribution >= 0.6 is 0 Å². The van der Waals surface area contributed by atoms with Gasteiger partial charge < -0.3 is 10.6 Å². The second-order valence-electron chi connectivity index (χ2n) is 5.48. The van der Waals surface area contributed by atoms with Crippen molar-refractivity contribution in [2.75, 3.05) is 26.7 Å². The van der Waals surface area contributed by atoms with Crippen LogP contribution in [0.5, 0.6) is 0 Å². The molecule has 2 rings (SSSR count). The van der Waals surface area contributed by atoms with Crippen molar-refractivity contribution in [1.29, 1.82) is 0 Å². The van der Waals surface area contributed by atoms with Crippen molar-refractivity contribution in [2.45, 2.75) is 38.5 Å². The Labute approximate surface area is 94.2 Å². The number of rotatable bonds is 4. The van der Waals surface area contributed by atoms with Gasteiger partial charge in [0.25, 0.3) is 0 Å². The first-order valence-corrected chi connectivity index (χ1v) is 6.75. The minimum absolute atomic E-state index is 0.886. The lowest BCUT2D eigenvalue weighted by Gasteiger charge is -2.27. The maximum Gasteiger partial charge on any atom is -0.000512 e. The Balaban J connectivity index is 1.76. The fourth-order valence-electron chi connectivity index (χ4n) is 3.42. The zero-order chi connectivity index (χ0) is 10.5. The maximum atomic E-state index is 3.56. The maximum absolute atomic E-state index is 3.56. The van der Waals surface area contributed by atoms with E-state index in [0.29, 0.717) is 0 Å². The highest BCUT2D eigenvalue weighted by atomic mass is 14.9. The molecule has 1 aliphatic heterocycles. The van der Waals surface area contributed by atoms with E-state index in [4.69, 9.17) is 0 Å². The summed E-state index contributed by atoms with van der Waals surface area (Å²) in [7, 11) is 2.08. The zero-order valence-electron chi connectivity index (χ0n) is 10.1. The molecular formula is C13H26N2. The van der Waals surface area contributed by atoms with Gasteiger partial charge in [-0.1, -0.05) is 32.1 Å². The fraction of sp³-hybridized carbons (Fsp3) is 1.00. The Hall–Kier alpha value is -0.0800. The molecule has 0 amide bonds. The van der Waals surface area contributed by atoms with E-state index in [1.165, 1.54) is 58.2 Å². The quantitative estimate of drug-likeness (QED) is 0.742. The van der Waals surface area contributed by atoms with Gasteiger partial charge in [0.2, 0.25) is 0 Å². The van der Waals surface area contributed by atoms with Crippen LogP contribution in [-0.4, -0.2) is 26.7 Å². The predicted molar refractivity (Wildman–Crippen MR) is 65.0 cm³/mol. The van der Waals surface area contributed by atoms with Gasteiger partial charge in [-0.15, -0.1) is 0 Å². The summed E-state index contributed by atoms with van der Waals surface area (Å²) in [6, 6.07) is 0. The molecule has 0 radical (unpaired) electrons. The molecule has 15 heavy (non-hydrogen) atoms. The molecule has 1 saturated carbocycles. The van der Waals surface area contributed by atoms with Crippen LogP contribution in [-0.2, 0) is 0 Å². The minimum atomic E-state index is 0.886. The Morgan fingerprint density at radius 1 is 1.07 bits per heavy atom. The molecule has 88 valence electrons. The van der Waals surface area contributed by atoms with Gasteiger partial charge in [0.1, 0.15) is 0 Å². The molecule has 0 aromatic rings. The average Bonchev–Trinajstić information content (AvgIpc) is 2.68. The lowest BCUT2D eigenvalue weighted by Crippen LogP contribution is -2.26. The molecule has 0 unspecified atom stereocenters. The van der Waals surface area contributed by atoms with Crippen LogP contribution in [0.15, 0.2) is 0 Å². The highest BCUT2D eigenvalue weighted by Gasteiger charge is 2.29. The summed E-state index contributed by atoms with van der Waals surface area (Å²) in [6.07, 6.45) is 8.95. The second kappa shape index (κ2) is 5.86. The van der Waals surface area contributed by atoms with Crippen molar-refractivity contribution in [2.24, 2.45) is 17.8 Å². The van der Waals surface area contributed by atoms with Gasteiger partial charge in [-0.05, 0) is 50.9 Å². The molecule has 2 aliphatic rings. The molecule has 1 heterocycles. The molecule has 0 bridgehead atoms. The van der Waals surface area contributed by atoms with E-state index in [9.17, 15) is 0 Å². The Morgan fingerprint density at radius 2 is 1.80 bits per heavy atom. The summed E-state index contributed by atoms with van der Waals surface area (Å²) in [5.41, 5.74) is 0. The smallest absolute Gasteiger partial charge is 0.000512 e. The molecule has 0 aromatic heterocycles. The predicted octanol–water partition coefficient (Wildman–Crippen LogP) is 2.01. The molecule has 2 atom stereocenters. The lowest BCUT2D eigenvalue weighted by atomic mass is 9.79. The van der Waals surface area contributed by atoms with Crippen molar-refractivity contribution < 1.29 is 0 Å². The van der Waals surface area contributed by atoms with Crippen LogP contribution in [0.25, 0.3) is 0 Å². The number of nitrogens with one attached hydrogen (secondary N) is 2. The summed E-state index contributed by atoms with van der Waals surface area (Å²) in [5.74, 6) is 2.88. The van der Waals surface area contributed by atoms with Gasteiger partial charge in [-0.3, -0.25) is 0 Å². The third-order valence-electron chi connectivity index (χ3n) is 4.31. The van der Waals surface area contributed by atoms with Crippen LogP contribution in [0.4, 0.5) is 0 Å². The van der Waals surface area contributed by atoms with Crippen LogP contribution < -0.4 is 10.6 Å². The molecule has 2 heteroatoms. The minimum Gasteiger partial charge on any atom is -0.319 e. The largest absolute Gasteiger partial charge is 0.319 e. The third kappa shape index (κ3) is 3.18. The van der Waals surface area contributed by atoms with Gasteiger partial charge >= 0.3 is 0 Å². The number of hydrogen-bond donors (Lipinski definition) is 2.